The maximum absolute atomic E-state index is 11.5. The third-order valence-corrected chi connectivity index (χ3v) is 5.33. The molecule has 5 atom stereocenters. The fourth-order valence-electron chi connectivity index (χ4n) is 4.78. The van der Waals surface area contributed by atoms with Gasteiger partial charge in [0.1, 0.15) is 11.7 Å². The van der Waals surface area contributed by atoms with Gasteiger partial charge in [-0.05, 0) is 24.7 Å². The number of rotatable bonds is 0. The highest BCUT2D eigenvalue weighted by molar-refractivity contribution is 5.74. The smallest absolute Gasteiger partial charge is 0.309 e. The van der Waals surface area contributed by atoms with Crippen molar-refractivity contribution in [2.45, 2.75) is 56.5 Å². The Balaban J connectivity index is 1.88. The van der Waals surface area contributed by atoms with Crippen LogP contribution in [0, 0.1) is 11.3 Å². The Morgan fingerprint density at radius 2 is 2.06 bits per heavy atom. The zero-order chi connectivity index (χ0) is 11.2. The average molecular weight is 224 g/mol. The lowest BCUT2D eigenvalue weighted by Crippen LogP contribution is -2.44. The Labute approximate surface area is 93.9 Å². The Hall–Kier alpha value is -0.610. The molecule has 4 nitrogen and oxygen atoms in total. The maximum Gasteiger partial charge on any atom is 0.309 e. The summed E-state index contributed by atoms with van der Waals surface area (Å²) in [7, 11) is 0. The van der Waals surface area contributed by atoms with E-state index >= 15 is 0 Å². The number of aliphatic hydroxyl groups is 1. The lowest BCUT2D eigenvalue weighted by atomic mass is 9.76. The first-order valence-corrected chi connectivity index (χ1v) is 6.11. The van der Waals surface area contributed by atoms with Crippen LogP contribution in [0.25, 0.3) is 0 Å². The zero-order valence-electron chi connectivity index (χ0n) is 9.36. The second-order valence-corrected chi connectivity index (χ2v) is 6.17. The van der Waals surface area contributed by atoms with E-state index in [1.165, 1.54) is 0 Å². The van der Waals surface area contributed by atoms with E-state index in [-0.39, 0.29) is 23.4 Å². The lowest BCUT2D eigenvalue weighted by Gasteiger charge is -2.32. The van der Waals surface area contributed by atoms with Gasteiger partial charge in [-0.15, -0.1) is 0 Å². The van der Waals surface area contributed by atoms with Gasteiger partial charge in [-0.1, -0.05) is 6.92 Å². The number of carbonyl (C=O) groups is 1. The molecule has 4 fully saturated rings. The third kappa shape index (κ3) is 0.778. The van der Waals surface area contributed by atoms with Crippen LogP contribution < -0.4 is 0 Å². The van der Waals surface area contributed by atoms with Crippen LogP contribution in [-0.4, -0.2) is 28.6 Å². The molecule has 0 radical (unpaired) electrons. The van der Waals surface area contributed by atoms with Gasteiger partial charge in [-0.25, -0.2) is 0 Å². The Kier molecular flexibility index (Phi) is 1.36. The van der Waals surface area contributed by atoms with Gasteiger partial charge in [0, 0.05) is 6.42 Å². The van der Waals surface area contributed by atoms with E-state index in [4.69, 9.17) is 9.47 Å². The molecular weight excluding hydrogens is 208 g/mol. The summed E-state index contributed by atoms with van der Waals surface area (Å²) in [4.78, 5) is 11.5. The van der Waals surface area contributed by atoms with Crippen LogP contribution in [0.2, 0.25) is 0 Å². The molecule has 2 saturated carbocycles. The first kappa shape index (κ1) is 9.42. The summed E-state index contributed by atoms with van der Waals surface area (Å²) in [5.74, 6) is -1.21. The minimum Gasteiger partial charge on any atom is -0.456 e. The van der Waals surface area contributed by atoms with E-state index in [9.17, 15) is 9.90 Å². The van der Waals surface area contributed by atoms with Gasteiger partial charge in [0.15, 0.2) is 5.79 Å². The van der Waals surface area contributed by atoms with E-state index in [0.717, 1.165) is 19.3 Å². The summed E-state index contributed by atoms with van der Waals surface area (Å²) in [6, 6.07) is 0. The van der Waals surface area contributed by atoms with Gasteiger partial charge in [-0.2, -0.15) is 0 Å². The molecule has 0 aromatic heterocycles. The molecule has 4 aliphatic rings. The molecule has 0 aromatic carbocycles. The minimum atomic E-state index is -1.03. The molecule has 1 spiro atoms. The molecule has 16 heavy (non-hydrogen) atoms. The van der Waals surface area contributed by atoms with Crippen LogP contribution in [0.5, 0.6) is 0 Å². The minimum absolute atomic E-state index is 0.0102. The largest absolute Gasteiger partial charge is 0.456 e. The van der Waals surface area contributed by atoms with E-state index in [0.29, 0.717) is 12.8 Å². The van der Waals surface area contributed by atoms with Gasteiger partial charge in [0.05, 0.1) is 12.3 Å². The van der Waals surface area contributed by atoms with Crippen LogP contribution in [-0.2, 0) is 14.3 Å². The normalized spacial score (nSPS) is 62.2. The molecule has 88 valence electrons. The van der Waals surface area contributed by atoms with Crippen LogP contribution >= 0.6 is 0 Å². The third-order valence-electron chi connectivity index (χ3n) is 5.33. The van der Waals surface area contributed by atoms with Crippen LogP contribution in [0.15, 0.2) is 0 Å². The van der Waals surface area contributed by atoms with E-state index < -0.39 is 11.4 Å². The molecule has 0 unspecified atom stereocenters. The predicted octanol–water partition coefficient (Wildman–Crippen LogP) is 0.970. The molecular formula is C12H16O4. The summed E-state index contributed by atoms with van der Waals surface area (Å²) in [5.41, 5.74) is -0.412. The fourth-order valence-corrected chi connectivity index (χ4v) is 4.78. The number of ether oxygens (including phenoxy) is 2. The molecule has 0 amide bonds. The number of esters is 1. The van der Waals surface area contributed by atoms with Crippen molar-refractivity contribution >= 4 is 5.97 Å². The van der Waals surface area contributed by atoms with Gasteiger partial charge < -0.3 is 14.6 Å². The van der Waals surface area contributed by atoms with E-state index in [2.05, 4.69) is 6.92 Å². The quantitative estimate of drug-likeness (QED) is 0.623. The summed E-state index contributed by atoms with van der Waals surface area (Å²) in [6.45, 7) is 2.20. The summed E-state index contributed by atoms with van der Waals surface area (Å²) < 4.78 is 11.4. The number of hydrogen-bond acceptors (Lipinski definition) is 4. The predicted molar refractivity (Wildman–Crippen MR) is 53.3 cm³/mol. The Morgan fingerprint density at radius 1 is 1.31 bits per heavy atom. The molecule has 0 bridgehead atoms. The molecule has 4 heteroatoms. The molecule has 4 rings (SSSR count). The highest BCUT2D eigenvalue weighted by Gasteiger charge is 2.78. The number of carbonyl (C=O) groups excluding carboxylic acids is 1. The fraction of sp³-hybridized carbons (Fsp3) is 0.917. The molecule has 2 aliphatic carbocycles. The van der Waals surface area contributed by atoms with Crippen LogP contribution in [0.4, 0.5) is 0 Å². The van der Waals surface area contributed by atoms with E-state index in [1.54, 1.807) is 0 Å². The molecule has 0 aromatic rings. The Bertz CT molecular complexity index is 394. The van der Waals surface area contributed by atoms with Gasteiger partial charge in [0.25, 0.3) is 0 Å². The number of hydrogen-bond donors (Lipinski definition) is 1. The van der Waals surface area contributed by atoms with Crippen molar-refractivity contribution in [1.82, 2.24) is 0 Å². The van der Waals surface area contributed by atoms with Crippen LogP contribution in [0.1, 0.15) is 39.0 Å². The maximum atomic E-state index is 11.5. The van der Waals surface area contributed by atoms with Crippen molar-refractivity contribution in [3.8, 4) is 0 Å². The zero-order valence-corrected chi connectivity index (χ0v) is 9.36. The second kappa shape index (κ2) is 2.31. The monoisotopic (exact) mass is 224 g/mol. The van der Waals surface area contributed by atoms with Crippen molar-refractivity contribution in [3.63, 3.8) is 0 Å². The van der Waals surface area contributed by atoms with Gasteiger partial charge in [-0.3, -0.25) is 4.79 Å². The molecule has 1 N–H and O–H groups in total. The van der Waals surface area contributed by atoms with Crippen molar-refractivity contribution in [3.05, 3.63) is 0 Å². The van der Waals surface area contributed by atoms with Crippen molar-refractivity contribution < 1.29 is 19.4 Å². The van der Waals surface area contributed by atoms with Gasteiger partial charge in [0.2, 0.25) is 0 Å². The van der Waals surface area contributed by atoms with Gasteiger partial charge >= 0.3 is 5.97 Å². The van der Waals surface area contributed by atoms with Crippen molar-refractivity contribution in [1.29, 1.82) is 0 Å². The van der Waals surface area contributed by atoms with Crippen molar-refractivity contribution in [2.75, 3.05) is 0 Å². The SMILES string of the molecule is C[C@]12CC[C@]34OC(=O)C[C@H]3O[C@](O)(CC1)[C@H]24. The average Bonchev–Trinajstić information content (AvgIpc) is 2.78. The molecule has 2 aliphatic heterocycles. The van der Waals surface area contributed by atoms with E-state index in [1.807, 2.05) is 0 Å². The topological polar surface area (TPSA) is 55.8 Å². The first-order valence-electron chi connectivity index (χ1n) is 6.11. The second-order valence-electron chi connectivity index (χ2n) is 6.17. The summed E-state index contributed by atoms with van der Waals surface area (Å²) >= 11 is 0. The lowest BCUT2D eigenvalue weighted by molar-refractivity contribution is -0.209. The highest BCUT2D eigenvalue weighted by Crippen LogP contribution is 2.70. The Morgan fingerprint density at radius 3 is 2.88 bits per heavy atom. The highest BCUT2D eigenvalue weighted by atomic mass is 16.7. The summed E-state index contributed by atoms with van der Waals surface area (Å²) in [5, 5.41) is 10.6. The molecule has 2 saturated heterocycles. The van der Waals surface area contributed by atoms with Crippen LogP contribution in [0.3, 0.4) is 0 Å². The summed E-state index contributed by atoms with van der Waals surface area (Å²) in [6.07, 6.45) is 3.65. The van der Waals surface area contributed by atoms with Crippen molar-refractivity contribution in [2.24, 2.45) is 11.3 Å². The molecule has 2 heterocycles. The first-order chi connectivity index (χ1) is 7.49. The standard InChI is InChI=1S/C12H16O4/c1-10-2-4-11-7(6-8(13)16-11)15-12(14,5-3-10)9(10)11/h7,9,14H,2-6H2,1H3/t7-,9-,10+,11+,12-/m1/s1.